The second-order valence-electron chi connectivity index (χ2n) is 7.41. The van der Waals surface area contributed by atoms with E-state index in [9.17, 15) is 14.4 Å². The Morgan fingerprint density at radius 2 is 1.61 bits per heavy atom. The maximum absolute atomic E-state index is 12.9. The lowest BCUT2D eigenvalue weighted by Crippen LogP contribution is -2.52. The monoisotopic (exact) mass is 418 g/mol. The minimum Gasteiger partial charge on any atom is -0.364 e. The highest BCUT2D eigenvalue weighted by Crippen LogP contribution is 2.28. The fourth-order valence-electron chi connectivity index (χ4n) is 3.46. The summed E-state index contributed by atoms with van der Waals surface area (Å²) in [6.07, 6.45) is 0.643. The summed E-state index contributed by atoms with van der Waals surface area (Å²) in [7, 11) is 0. The van der Waals surface area contributed by atoms with Crippen LogP contribution in [0.5, 0.6) is 0 Å². The van der Waals surface area contributed by atoms with E-state index in [1.54, 1.807) is 24.3 Å². The average molecular weight is 418 g/mol. The van der Waals surface area contributed by atoms with Gasteiger partial charge in [-0.15, -0.1) is 0 Å². The first kappa shape index (κ1) is 22.3. The van der Waals surface area contributed by atoms with Crippen molar-refractivity contribution >= 4 is 17.7 Å². The molecule has 0 bridgehead atoms. The zero-order valence-electron chi connectivity index (χ0n) is 17.8. The van der Waals surface area contributed by atoms with Gasteiger partial charge in [0.05, 0.1) is 24.3 Å². The molecule has 1 N–H and O–H groups in total. The second-order valence-corrected chi connectivity index (χ2v) is 7.41. The number of carbonyl (C=O) groups excluding carboxylic acids is 3. The van der Waals surface area contributed by atoms with E-state index < -0.39 is 17.9 Å². The summed E-state index contributed by atoms with van der Waals surface area (Å²) >= 11 is 0. The Hall–Kier alpha value is -3.43. The summed E-state index contributed by atoms with van der Waals surface area (Å²) in [5, 5.41) is 2.74. The van der Waals surface area contributed by atoms with Crippen molar-refractivity contribution in [3.8, 4) is 11.8 Å². The van der Waals surface area contributed by atoms with Crippen LogP contribution in [0.1, 0.15) is 46.5 Å². The van der Waals surface area contributed by atoms with E-state index in [0.717, 1.165) is 10.5 Å². The molecule has 0 spiro atoms. The van der Waals surface area contributed by atoms with Gasteiger partial charge in [0.15, 0.2) is 0 Å². The third-order valence-corrected chi connectivity index (χ3v) is 5.32. The minimum atomic E-state index is -0.881. The molecule has 3 amide bonds. The van der Waals surface area contributed by atoms with Gasteiger partial charge in [0.1, 0.15) is 12.6 Å². The molecule has 1 aliphatic rings. The van der Waals surface area contributed by atoms with Crippen LogP contribution in [0.15, 0.2) is 54.6 Å². The molecule has 0 radical (unpaired) electrons. The zero-order valence-corrected chi connectivity index (χ0v) is 17.8. The summed E-state index contributed by atoms with van der Waals surface area (Å²) < 4.78 is 5.49. The van der Waals surface area contributed by atoms with Gasteiger partial charge >= 0.3 is 0 Å². The summed E-state index contributed by atoms with van der Waals surface area (Å²) in [4.78, 5) is 39.6. The van der Waals surface area contributed by atoms with Crippen LogP contribution < -0.4 is 5.32 Å². The summed E-state index contributed by atoms with van der Waals surface area (Å²) in [6.45, 7) is 4.61. The Bertz CT molecular complexity index is 972. The van der Waals surface area contributed by atoms with Gasteiger partial charge in [-0.05, 0) is 23.6 Å². The Morgan fingerprint density at radius 3 is 2.23 bits per heavy atom. The number of nitrogens with one attached hydrogen (secondary N) is 1. The lowest BCUT2D eigenvalue weighted by molar-refractivity contribution is -0.126. The molecule has 0 fully saturated rings. The second kappa shape index (κ2) is 10.6. The molecule has 0 saturated heterocycles. The SMILES string of the molecule is CC[C@H](C)[C@@H](C(=O)NCC#CCOCc1ccccc1)N1C(=O)c2ccccc2C1=O. The number of hydrogen-bond donors (Lipinski definition) is 1. The zero-order chi connectivity index (χ0) is 22.2. The highest BCUT2D eigenvalue weighted by molar-refractivity contribution is 6.22. The number of hydrogen-bond acceptors (Lipinski definition) is 4. The number of rotatable bonds is 8. The van der Waals surface area contributed by atoms with E-state index in [-0.39, 0.29) is 25.0 Å². The molecule has 3 rings (SSSR count). The maximum atomic E-state index is 12.9. The third-order valence-electron chi connectivity index (χ3n) is 5.32. The topological polar surface area (TPSA) is 75.7 Å². The number of nitrogens with zero attached hydrogens (tertiary/aromatic N) is 1. The number of amides is 3. The lowest BCUT2D eigenvalue weighted by Gasteiger charge is -2.29. The smallest absolute Gasteiger partial charge is 0.262 e. The molecule has 0 aromatic heterocycles. The van der Waals surface area contributed by atoms with E-state index in [4.69, 9.17) is 4.74 Å². The van der Waals surface area contributed by atoms with Crippen LogP contribution in [0.4, 0.5) is 0 Å². The van der Waals surface area contributed by atoms with Gasteiger partial charge in [-0.1, -0.05) is 74.6 Å². The van der Waals surface area contributed by atoms with Crippen molar-refractivity contribution < 1.29 is 19.1 Å². The molecule has 0 unspecified atom stereocenters. The number of ether oxygens (including phenoxy) is 1. The number of benzene rings is 2. The standard InChI is InChI=1S/C25H26N2O4/c1-3-18(2)22(27-24(29)20-13-7-8-14-21(20)25(27)30)23(28)26-15-9-10-16-31-17-19-11-5-4-6-12-19/h4-8,11-14,18,22H,3,15-17H2,1-2H3,(H,26,28)/t18-,22-/m0/s1. The van der Waals surface area contributed by atoms with Crippen molar-refractivity contribution in [1.29, 1.82) is 0 Å². The van der Waals surface area contributed by atoms with Gasteiger partial charge in [-0.3, -0.25) is 19.3 Å². The van der Waals surface area contributed by atoms with E-state index in [2.05, 4.69) is 17.2 Å². The van der Waals surface area contributed by atoms with Gasteiger partial charge in [0, 0.05) is 0 Å². The molecule has 0 saturated carbocycles. The van der Waals surface area contributed by atoms with Crippen LogP contribution in [0.2, 0.25) is 0 Å². The van der Waals surface area contributed by atoms with E-state index >= 15 is 0 Å². The molecule has 6 heteroatoms. The number of imide groups is 1. The average Bonchev–Trinajstić information content (AvgIpc) is 3.04. The highest BCUT2D eigenvalue weighted by Gasteiger charge is 2.44. The van der Waals surface area contributed by atoms with Crippen molar-refractivity contribution in [3.63, 3.8) is 0 Å². The van der Waals surface area contributed by atoms with Crippen molar-refractivity contribution in [1.82, 2.24) is 10.2 Å². The quantitative estimate of drug-likeness (QED) is 0.406. The molecule has 31 heavy (non-hydrogen) atoms. The van der Waals surface area contributed by atoms with Crippen LogP contribution in [0.3, 0.4) is 0 Å². The highest BCUT2D eigenvalue weighted by atomic mass is 16.5. The van der Waals surface area contributed by atoms with Gasteiger partial charge in [0.25, 0.3) is 11.8 Å². The van der Waals surface area contributed by atoms with E-state index in [0.29, 0.717) is 24.2 Å². The van der Waals surface area contributed by atoms with Gasteiger partial charge in [0.2, 0.25) is 5.91 Å². The predicted octanol–water partition coefficient (Wildman–Crippen LogP) is 3.03. The molecular formula is C25H26N2O4. The van der Waals surface area contributed by atoms with Crippen molar-refractivity contribution in [2.24, 2.45) is 5.92 Å². The van der Waals surface area contributed by atoms with E-state index in [1.165, 1.54) is 0 Å². The molecule has 2 aromatic rings. The first-order valence-electron chi connectivity index (χ1n) is 10.4. The lowest BCUT2D eigenvalue weighted by atomic mass is 9.96. The first-order chi connectivity index (χ1) is 15.0. The normalized spacial score (nSPS) is 14.5. The van der Waals surface area contributed by atoms with Gasteiger partial charge in [-0.2, -0.15) is 0 Å². The Balaban J connectivity index is 1.57. The number of carbonyl (C=O) groups is 3. The van der Waals surface area contributed by atoms with Crippen molar-refractivity contribution in [3.05, 3.63) is 71.3 Å². The van der Waals surface area contributed by atoms with Crippen LogP contribution in [0.25, 0.3) is 0 Å². The molecular weight excluding hydrogens is 392 g/mol. The summed E-state index contributed by atoms with van der Waals surface area (Å²) in [5.41, 5.74) is 1.74. The van der Waals surface area contributed by atoms with E-state index in [1.807, 2.05) is 44.2 Å². The Labute approximate surface area is 182 Å². The fraction of sp³-hybridized carbons (Fsp3) is 0.320. The molecule has 0 aliphatic carbocycles. The molecule has 2 aromatic carbocycles. The van der Waals surface area contributed by atoms with Crippen molar-refractivity contribution in [2.45, 2.75) is 32.9 Å². The van der Waals surface area contributed by atoms with Gasteiger partial charge in [-0.25, -0.2) is 0 Å². The van der Waals surface area contributed by atoms with Crippen LogP contribution in [0, 0.1) is 17.8 Å². The molecule has 6 nitrogen and oxygen atoms in total. The molecule has 160 valence electrons. The van der Waals surface area contributed by atoms with Crippen LogP contribution >= 0.6 is 0 Å². The molecule has 1 aliphatic heterocycles. The van der Waals surface area contributed by atoms with Gasteiger partial charge < -0.3 is 10.1 Å². The summed E-state index contributed by atoms with van der Waals surface area (Å²) in [5.74, 6) is 4.27. The van der Waals surface area contributed by atoms with Crippen LogP contribution in [-0.2, 0) is 16.1 Å². The first-order valence-corrected chi connectivity index (χ1v) is 10.4. The Morgan fingerprint density at radius 1 is 1.00 bits per heavy atom. The Kier molecular flexibility index (Phi) is 7.58. The summed E-state index contributed by atoms with van der Waals surface area (Å²) in [6, 6.07) is 15.6. The van der Waals surface area contributed by atoms with Crippen molar-refractivity contribution in [2.75, 3.05) is 13.2 Å². The largest absolute Gasteiger partial charge is 0.364 e. The molecule has 1 heterocycles. The minimum absolute atomic E-state index is 0.115. The third kappa shape index (κ3) is 5.19. The fourth-order valence-corrected chi connectivity index (χ4v) is 3.46. The van der Waals surface area contributed by atoms with Crippen LogP contribution in [-0.4, -0.2) is 41.8 Å². The predicted molar refractivity (Wildman–Crippen MR) is 117 cm³/mol. The number of fused-ring (bicyclic) bond motifs is 1. The maximum Gasteiger partial charge on any atom is 0.262 e. The molecule has 2 atom stereocenters.